The van der Waals surface area contributed by atoms with Crippen LogP contribution in [0.1, 0.15) is 42.7 Å². The molecular formula is C28H25Cl3FN3O. The Labute approximate surface area is 224 Å². The molecule has 2 N–H and O–H groups in total. The maximum atomic E-state index is 13.9. The Balaban J connectivity index is 1.56. The minimum Gasteiger partial charge on any atom is -0.333 e. The number of carbonyl (C=O) groups excluding carboxylic acids is 1. The molecule has 1 saturated heterocycles. The lowest BCUT2D eigenvalue weighted by atomic mass is 9.85. The van der Waals surface area contributed by atoms with Crippen LogP contribution in [0.2, 0.25) is 15.1 Å². The average molecular weight is 545 g/mol. The van der Waals surface area contributed by atoms with E-state index in [-0.39, 0.29) is 6.03 Å². The van der Waals surface area contributed by atoms with Crippen molar-refractivity contribution in [3.63, 3.8) is 0 Å². The van der Waals surface area contributed by atoms with Crippen LogP contribution in [0.15, 0.2) is 48.5 Å². The quantitative estimate of drug-likeness (QED) is 0.350. The SMILES string of the molecule is O=C1NCc2c(-c3ccc(F)cc3Cl)cc(C3CCC4CNC(C4)C3)cc2N1c1c(Cl)cccc1Cl. The number of benzene rings is 3. The maximum absolute atomic E-state index is 13.9. The van der Waals surface area contributed by atoms with Crippen LogP contribution in [0.5, 0.6) is 0 Å². The maximum Gasteiger partial charge on any atom is 0.326 e. The van der Waals surface area contributed by atoms with E-state index in [1.165, 1.54) is 25.0 Å². The number of carbonyl (C=O) groups is 1. The largest absolute Gasteiger partial charge is 0.333 e. The van der Waals surface area contributed by atoms with Crippen LogP contribution in [0.25, 0.3) is 11.1 Å². The van der Waals surface area contributed by atoms with E-state index >= 15 is 0 Å². The molecule has 3 unspecified atom stereocenters. The van der Waals surface area contributed by atoms with Gasteiger partial charge in [0.25, 0.3) is 0 Å². The molecule has 186 valence electrons. The number of para-hydroxylation sites is 1. The Morgan fingerprint density at radius 3 is 2.50 bits per heavy atom. The summed E-state index contributed by atoms with van der Waals surface area (Å²) in [6.07, 6.45) is 4.49. The van der Waals surface area contributed by atoms with E-state index in [1.54, 1.807) is 29.2 Å². The average Bonchev–Trinajstić information content (AvgIpc) is 3.18. The van der Waals surface area contributed by atoms with Crippen molar-refractivity contribution in [2.24, 2.45) is 5.92 Å². The summed E-state index contributed by atoms with van der Waals surface area (Å²) in [5, 5.41) is 7.72. The van der Waals surface area contributed by atoms with Crippen molar-refractivity contribution < 1.29 is 9.18 Å². The van der Waals surface area contributed by atoms with Crippen molar-refractivity contribution in [3.05, 3.63) is 80.5 Å². The first-order valence-electron chi connectivity index (χ1n) is 12.3. The van der Waals surface area contributed by atoms with Crippen LogP contribution in [-0.4, -0.2) is 18.6 Å². The fraction of sp³-hybridized carbons (Fsp3) is 0.321. The van der Waals surface area contributed by atoms with Crippen molar-refractivity contribution in [1.29, 1.82) is 0 Å². The number of rotatable bonds is 3. The molecule has 2 amide bonds. The molecule has 0 radical (unpaired) electrons. The smallest absolute Gasteiger partial charge is 0.326 e. The van der Waals surface area contributed by atoms with E-state index in [9.17, 15) is 9.18 Å². The second-order valence-electron chi connectivity index (χ2n) is 9.97. The molecule has 1 saturated carbocycles. The van der Waals surface area contributed by atoms with E-state index < -0.39 is 5.82 Å². The molecule has 1 aliphatic carbocycles. The Kier molecular flexibility index (Phi) is 6.37. The molecule has 3 aromatic carbocycles. The number of halogens is 4. The molecule has 2 fully saturated rings. The Hall–Kier alpha value is -2.31. The highest BCUT2D eigenvalue weighted by atomic mass is 35.5. The molecule has 4 nitrogen and oxygen atoms in total. The highest BCUT2D eigenvalue weighted by Crippen LogP contribution is 2.47. The summed E-state index contributed by atoms with van der Waals surface area (Å²) in [5.74, 6) is 0.648. The van der Waals surface area contributed by atoms with Gasteiger partial charge in [0.2, 0.25) is 0 Å². The molecule has 8 heteroatoms. The lowest BCUT2D eigenvalue weighted by Gasteiger charge is -2.34. The second-order valence-corrected chi connectivity index (χ2v) is 11.2. The molecule has 0 aromatic heterocycles. The zero-order chi connectivity index (χ0) is 25.0. The van der Waals surface area contributed by atoms with Gasteiger partial charge in [0.05, 0.1) is 26.4 Å². The van der Waals surface area contributed by atoms with Crippen molar-refractivity contribution >= 4 is 52.2 Å². The fourth-order valence-corrected chi connectivity index (χ4v) is 6.86. The van der Waals surface area contributed by atoms with Crippen molar-refractivity contribution in [1.82, 2.24) is 10.6 Å². The monoisotopic (exact) mass is 543 g/mol. The van der Waals surface area contributed by atoms with E-state index in [2.05, 4.69) is 22.8 Å². The second kappa shape index (κ2) is 9.53. The number of fused-ring (bicyclic) bond motifs is 3. The first kappa shape index (κ1) is 24.1. The van der Waals surface area contributed by atoms with Gasteiger partial charge < -0.3 is 10.6 Å². The molecule has 3 aromatic rings. The topological polar surface area (TPSA) is 44.4 Å². The summed E-state index contributed by atoms with van der Waals surface area (Å²) in [6.45, 7) is 1.41. The number of urea groups is 1. The Bertz CT molecular complexity index is 1340. The molecule has 36 heavy (non-hydrogen) atoms. The molecule has 2 bridgehead atoms. The van der Waals surface area contributed by atoms with Gasteiger partial charge in [0.1, 0.15) is 5.82 Å². The summed E-state index contributed by atoms with van der Waals surface area (Å²) in [6, 6.07) is 14.1. The highest BCUT2D eigenvalue weighted by molar-refractivity contribution is 6.40. The minimum absolute atomic E-state index is 0.299. The predicted molar refractivity (Wildman–Crippen MR) is 144 cm³/mol. The number of nitrogens with one attached hydrogen (secondary N) is 2. The first-order valence-corrected chi connectivity index (χ1v) is 13.4. The summed E-state index contributed by atoms with van der Waals surface area (Å²) in [5.41, 5.74) is 4.80. The van der Waals surface area contributed by atoms with Gasteiger partial charge >= 0.3 is 6.03 Å². The van der Waals surface area contributed by atoms with Crippen LogP contribution in [0, 0.1) is 11.7 Å². The minimum atomic E-state index is -0.391. The van der Waals surface area contributed by atoms with Crippen LogP contribution in [0.3, 0.4) is 0 Å². The number of hydrogen-bond donors (Lipinski definition) is 2. The third kappa shape index (κ3) is 4.26. The number of hydrogen-bond acceptors (Lipinski definition) is 2. The lowest BCUT2D eigenvalue weighted by Crippen LogP contribution is -2.41. The van der Waals surface area contributed by atoms with Crippen LogP contribution >= 0.6 is 34.8 Å². The normalized spacial score (nSPS) is 23.3. The standard InChI is InChI=1S/C28H25Cl3FN3O/c29-23-2-1-3-24(30)27(23)35-26-11-17(16-5-4-15-8-19(9-16)33-13-15)10-21(22(26)14-34-28(35)36)20-7-6-18(32)12-25(20)31/h1-3,6-7,10-12,15-16,19,33H,4-5,8-9,13-14H2,(H,34,36). The van der Waals surface area contributed by atoms with Crippen molar-refractivity contribution in [3.8, 4) is 11.1 Å². The third-order valence-corrected chi connectivity index (χ3v) is 8.69. The molecule has 0 spiro atoms. The number of anilines is 2. The molecule has 2 aliphatic heterocycles. The van der Waals surface area contributed by atoms with Gasteiger partial charge in [-0.25, -0.2) is 9.18 Å². The van der Waals surface area contributed by atoms with Crippen molar-refractivity contribution in [2.75, 3.05) is 11.4 Å². The van der Waals surface area contributed by atoms with Crippen LogP contribution in [-0.2, 0) is 6.54 Å². The molecule has 2 heterocycles. The highest BCUT2D eigenvalue weighted by Gasteiger charge is 2.35. The number of amides is 2. The molecule has 3 aliphatic rings. The van der Waals surface area contributed by atoms with Gasteiger partial charge in [0, 0.05) is 23.7 Å². The number of nitrogens with zero attached hydrogens (tertiary/aromatic N) is 1. The zero-order valence-corrected chi connectivity index (χ0v) is 21.7. The third-order valence-electron chi connectivity index (χ3n) is 7.77. The Morgan fingerprint density at radius 1 is 0.917 bits per heavy atom. The van der Waals surface area contributed by atoms with Gasteiger partial charge in [-0.3, -0.25) is 4.90 Å². The molecular weight excluding hydrogens is 520 g/mol. The van der Waals surface area contributed by atoms with Gasteiger partial charge in [-0.05, 0) is 91.6 Å². The summed E-state index contributed by atoms with van der Waals surface area (Å²) in [7, 11) is 0. The summed E-state index contributed by atoms with van der Waals surface area (Å²) >= 11 is 19.7. The first-order chi connectivity index (χ1) is 17.4. The van der Waals surface area contributed by atoms with Gasteiger partial charge in [-0.1, -0.05) is 46.9 Å². The molecule has 6 rings (SSSR count). The van der Waals surface area contributed by atoms with E-state index in [1.807, 2.05) is 0 Å². The van der Waals surface area contributed by atoms with E-state index in [0.29, 0.717) is 45.2 Å². The Morgan fingerprint density at radius 2 is 1.72 bits per heavy atom. The van der Waals surface area contributed by atoms with Crippen LogP contribution < -0.4 is 15.5 Å². The van der Waals surface area contributed by atoms with E-state index in [0.717, 1.165) is 47.3 Å². The van der Waals surface area contributed by atoms with Crippen LogP contribution in [0.4, 0.5) is 20.6 Å². The van der Waals surface area contributed by atoms with E-state index in [4.69, 9.17) is 34.8 Å². The predicted octanol–water partition coefficient (Wildman–Crippen LogP) is 8.06. The lowest BCUT2D eigenvalue weighted by molar-refractivity contribution is 0.247. The zero-order valence-electron chi connectivity index (χ0n) is 19.5. The van der Waals surface area contributed by atoms with Gasteiger partial charge in [-0.15, -0.1) is 0 Å². The summed E-state index contributed by atoms with van der Waals surface area (Å²) in [4.78, 5) is 14.8. The van der Waals surface area contributed by atoms with Gasteiger partial charge in [0.15, 0.2) is 0 Å². The summed E-state index contributed by atoms with van der Waals surface area (Å²) < 4.78 is 13.9. The fourth-order valence-electron chi connectivity index (χ4n) is 6.03. The van der Waals surface area contributed by atoms with Gasteiger partial charge in [-0.2, -0.15) is 0 Å². The molecule has 3 atom stereocenters. The van der Waals surface area contributed by atoms with Crippen molar-refractivity contribution in [2.45, 2.75) is 44.2 Å².